The van der Waals surface area contributed by atoms with E-state index in [1.165, 1.54) is 76.3 Å². The van der Waals surface area contributed by atoms with Crippen molar-refractivity contribution in [1.29, 1.82) is 0 Å². The van der Waals surface area contributed by atoms with Crippen molar-refractivity contribution in [1.82, 2.24) is 0 Å². The van der Waals surface area contributed by atoms with E-state index in [2.05, 4.69) is 175 Å². The standard InChI is InChI=1S/C56H43NO/c1-2-11-45-37(9-1)10-7-14-46(45)38-19-23-42(24-20-38)57(44-27-28-49-48-12-4-6-18-53(48)58-54(49)34-44)43-25-21-39(22-26-43)47-15-8-17-52-55(47)50-13-3-5-16-51(50)56(52)40-30-35-29-36(32-40)33-41(56)31-35/h1-28,34-36,40-41H,29-33H2. The van der Waals surface area contributed by atoms with E-state index in [0.717, 1.165) is 62.7 Å². The number of hydrogen-bond donors (Lipinski definition) is 0. The van der Waals surface area contributed by atoms with Gasteiger partial charge in [0.1, 0.15) is 11.2 Å². The van der Waals surface area contributed by atoms with E-state index >= 15 is 0 Å². The summed E-state index contributed by atoms with van der Waals surface area (Å²) >= 11 is 0. The molecule has 1 heterocycles. The van der Waals surface area contributed by atoms with Crippen LogP contribution in [0.4, 0.5) is 17.1 Å². The first-order valence-corrected chi connectivity index (χ1v) is 21.3. The van der Waals surface area contributed by atoms with Crippen molar-refractivity contribution in [2.75, 3.05) is 4.90 Å². The third-order valence-corrected chi connectivity index (χ3v) is 14.9. The summed E-state index contributed by atoms with van der Waals surface area (Å²) in [7, 11) is 0. The van der Waals surface area contributed by atoms with Gasteiger partial charge in [-0.3, -0.25) is 0 Å². The zero-order valence-corrected chi connectivity index (χ0v) is 32.4. The van der Waals surface area contributed by atoms with Crippen molar-refractivity contribution in [2.24, 2.45) is 23.7 Å². The first kappa shape index (κ1) is 32.7. The maximum absolute atomic E-state index is 6.44. The van der Waals surface area contributed by atoms with Gasteiger partial charge >= 0.3 is 0 Å². The predicted octanol–water partition coefficient (Wildman–Crippen LogP) is 15.3. The molecule has 14 rings (SSSR count). The third kappa shape index (κ3) is 4.60. The molecule has 4 bridgehead atoms. The Balaban J connectivity index is 0.931. The van der Waals surface area contributed by atoms with Crippen molar-refractivity contribution in [3.63, 3.8) is 0 Å². The zero-order chi connectivity index (χ0) is 38.0. The van der Waals surface area contributed by atoms with Gasteiger partial charge in [0.25, 0.3) is 0 Å². The van der Waals surface area contributed by atoms with Gasteiger partial charge in [-0.05, 0) is 154 Å². The number of rotatable bonds is 5. The van der Waals surface area contributed by atoms with Crippen LogP contribution in [0.3, 0.4) is 0 Å². The quantitative estimate of drug-likeness (QED) is 0.174. The fourth-order valence-corrected chi connectivity index (χ4v) is 12.8. The fraction of sp³-hybridized carbons (Fsp3) is 0.179. The summed E-state index contributed by atoms with van der Waals surface area (Å²) in [5.74, 6) is 3.39. The Bertz CT molecular complexity index is 3040. The van der Waals surface area contributed by atoms with Gasteiger partial charge in [-0.15, -0.1) is 0 Å². The number of nitrogens with zero attached hydrogens (tertiary/aromatic N) is 1. The summed E-state index contributed by atoms with van der Waals surface area (Å²) in [6, 6.07) is 65.3. The number of anilines is 3. The van der Waals surface area contributed by atoms with Gasteiger partial charge in [0.05, 0.1) is 0 Å². The van der Waals surface area contributed by atoms with E-state index in [0.29, 0.717) is 0 Å². The molecule has 4 fully saturated rings. The van der Waals surface area contributed by atoms with Gasteiger partial charge in [0.15, 0.2) is 0 Å². The second-order valence-electron chi connectivity index (χ2n) is 17.7. The van der Waals surface area contributed by atoms with Gasteiger partial charge < -0.3 is 9.32 Å². The molecule has 8 aromatic carbocycles. The van der Waals surface area contributed by atoms with Gasteiger partial charge in [-0.25, -0.2) is 0 Å². The lowest BCUT2D eigenvalue weighted by atomic mass is 9.43. The summed E-state index contributed by atoms with van der Waals surface area (Å²) in [6.07, 6.45) is 7.08. The van der Waals surface area contributed by atoms with Crippen LogP contribution in [-0.4, -0.2) is 0 Å². The zero-order valence-electron chi connectivity index (χ0n) is 32.4. The normalized spacial score (nSPS) is 22.6. The molecular formula is C56H43NO. The molecule has 0 N–H and O–H groups in total. The number of benzene rings is 8. The highest BCUT2D eigenvalue weighted by Crippen LogP contribution is 2.70. The van der Waals surface area contributed by atoms with E-state index in [4.69, 9.17) is 4.42 Å². The Morgan fingerprint density at radius 1 is 0.414 bits per heavy atom. The second kappa shape index (κ2) is 12.3. The monoisotopic (exact) mass is 745 g/mol. The smallest absolute Gasteiger partial charge is 0.137 e. The van der Waals surface area contributed by atoms with Crippen LogP contribution in [0.15, 0.2) is 180 Å². The van der Waals surface area contributed by atoms with E-state index in [-0.39, 0.29) is 5.41 Å². The largest absolute Gasteiger partial charge is 0.456 e. The molecule has 5 aliphatic rings. The number of para-hydroxylation sites is 1. The number of fused-ring (bicyclic) bond motifs is 7. The summed E-state index contributed by atoms with van der Waals surface area (Å²) in [6.45, 7) is 0. The van der Waals surface area contributed by atoms with Crippen LogP contribution in [0, 0.1) is 23.7 Å². The predicted molar refractivity (Wildman–Crippen MR) is 240 cm³/mol. The topological polar surface area (TPSA) is 16.4 Å². The van der Waals surface area contributed by atoms with Crippen LogP contribution in [0.2, 0.25) is 0 Å². The molecule has 278 valence electrons. The van der Waals surface area contributed by atoms with Gasteiger partial charge in [0, 0.05) is 39.3 Å². The third-order valence-electron chi connectivity index (χ3n) is 14.9. The Hall–Kier alpha value is -6.38. The average Bonchev–Trinajstić information content (AvgIpc) is 3.79. The summed E-state index contributed by atoms with van der Waals surface area (Å²) in [4.78, 5) is 2.37. The lowest BCUT2D eigenvalue weighted by molar-refractivity contribution is -0.0399. The summed E-state index contributed by atoms with van der Waals surface area (Å²) < 4.78 is 6.44. The summed E-state index contributed by atoms with van der Waals surface area (Å²) in [5.41, 5.74) is 16.5. The molecule has 5 aliphatic carbocycles. The van der Waals surface area contributed by atoms with Crippen molar-refractivity contribution < 1.29 is 4.42 Å². The Kier molecular flexibility index (Phi) is 6.94. The molecule has 9 aromatic rings. The SMILES string of the molecule is c1ccc2c(c1)-c1c(-c3ccc(N(c4ccc(-c5cccc6ccccc56)cc4)c4ccc5c(c4)oc4ccccc45)cc3)cccc1C21C2CC3CC(C2)CC1C3. The minimum atomic E-state index is 0.166. The lowest BCUT2D eigenvalue weighted by Gasteiger charge is -2.61. The van der Waals surface area contributed by atoms with Crippen molar-refractivity contribution in [2.45, 2.75) is 37.5 Å². The van der Waals surface area contributed by atoms with Crippen LogP contribution in [0.1, 0.15) is 43.2 Å². The van der Waals surface area contributed by atoms with E-state index in [1.807, 2.05) is 6.07 Å². The maximum Gasteiger partial charge on any atom is 0.137 e. The molecule has 1 spiro atoms. The van der Waals surface area contributed by atoms with Crippen LogP contribution in [-0.2, 0) is 5.41 Å². The molecule has 0 radical (unpaired) electrons. The second-order valence-corrected chi connectivity index (χ2v) is 17.7. The van der Waals surface area contributed by atoms with Crippen molar-refractivity contribution in [3.8, 4) is 33.4 Å². The van der Waals surface area contributed by atoms with Crippen LogP contribution >= 0.6 is 0 Å². The molecule has 0 amide bonds. The van der Waals surface area contributed by atoms with Crippen LogP contribution in [0.5, 0.6) is 0 Å². The molecule has 4 saturated carbocycles. The molecule has 1 aromatic heterocycles. The van der Waals surface area contributed by atoms with E-state index < -0.39 is 0 Å². The minimum absolute atomic E-state index is 0.166. The lowest BCUT2D eigenvalue weighted by Crippen LogP contribution is -2.55. The van der Waals surface area contributed by atoms with Gasteiger partial charge in [-0.2, -0.15) is 0 Å². The first-order valence-electron chi connectivity index (χ1n) is 21.3. The Labute approximate surface area is 339 Å². The van der Waals surface area contributed by atoms with E-state index in [1.54, 1.807) is 11.1 Å². The van der Waals surface area contributed by atoms with Crippen LogP contribution in [0.25, 0.3) is 66.1 Å². The minimum Gasteiger partial charge on any atom is -0.456 e. The van der Waals surface area contributed by atoms with Crippen molar-refractivity contribution in [3.05, 3.63) is 187 Å². The molecule has 0 aliphatic heterocycles. The molecular weight excluding hydrogens is 703 g/mol. The highest BCUT2D eigenvalue weighted by atomic mass is 16.3. The van der Waals surface area contributed by atoms with Crippen molar-refractivity contribution >= 4 is 49.8 Å². The molecule has 58 heavy (non-hydrogen) atoms. The highest BCUT2D eigenvalue weighted by Gasteiger charge is 2.61. The molecule has 0 saturated heterocycles. The maximum atomic E-state index is 6.44. The molecule has 0 unspecified atom stereocenters. The highest BCUT2D eigenvalue weighted by molar-refractivity contribution is 6.06. The first-order chi connectivity index (χ1) is 28.7. The van der Waals surface area contributed by atoms with Gasteiger partial charge in [0.2, 0.25) is 0 Å². The summed E-state index contributed by atoms with van der Waals surface area (Å²) in [5, 5.41) is 4.80. The molecule has 2 nitrogen and oxygen atoms in total. The van der Waals surface area contributed by atoms with E-state index in [9.17, 15) is 0 Å². The number of furan rings is 1. The van der Waals surface area contributed by atoms with Crippen LogP contribution < -0.4 is 4.90 Å². The Morgan fingerprint density at radius 2 is 0.966 bits per heavy atom. The average molecular weight is 746 g/mol. The molecule has 2 heteroatoms. The Morgan fingerprint density at radius 3 is 1.74 bits per heavy atom. The van der Waals surface area contributed by atoms with Gasteiger partial charge in [-0.1, -0.05) is 127 Å². The molecule has 0 atom stereocenters. The fourth-order valence-electron chi connectivity index (χ4n) is 12.8. The number of hydrogen-bond acceptors (Lipinski definition) is 2.